The van der Waals surface area contributed by atoms with Gasteiger partial charge in [0.2, 0.25) is 0 Å². The van der Waals surface area contributed by atoms with Crippen molar-refractivity contribution in [1.29, 1.82) is 0 Å². The van der Waals surface area contributed by atoms with E-state index in [9.17, 15) is 0 Å². The van der Waals surface area contributed by atoms with E-state index in [4.69, 9.17) is 0 Å². The van der Waals surface area contributed by atoms with Crippen molar-refractivity contribution in [3.8, 4) is 0 Å². The van der Waals surface area contributed by atoms with Gasteiger partial charge in [0.1, 0.15) is 0 Å². The average Bonchev–Trinajstić information content (AvgIpc) is 2.55. The summed E-state index contributed by atoms with van der Waals surface area (Å²) < 4.78 is 0. The molecule has 21 heavy (non-hydrogen) atoms. The van der Waals surface area contributed by atoms with Gasteiger partial charge in [0.25, 0.3) is 0 Å². The van der Waals surface area contributed by atoms with Crippen molar-refractivity contribution in [2.45, 2.75) is 70.1 Å². The molecule has 0 amide bonds. The minimum atomic E-state index is 0.253. The molecule has 0 N–H and O–H groups in total. The molecule has 0 aliphatic carbocycles. The number of benzene rings is 1. The normalized spacial score (nSPS) is 11.8. The lowest BCUT2D eigenvalue weighted by Crippen LogP contribution is -2.30. The molecule has 0 fully saturated rings. The Balaban J connectivity index is 2.32. The number of alkyl halides is 2. The number of hydrogen-bond donors (Lipinski definition) is 0. The van der Waals surface area contributed by atoms with E-state index < -0.39 is 0 Å². The van der Waals surface area contributed by atoms with Crippen molar-refractivity contribution in [1.82, 2.24) is 0 Å². The van der Waals surface area contributed by atoms with Crippen molar-refractivity contribution in [2.24, 2.45) is 0 Å². The van der Waals surface area contributed by atoms with E-state index in [2.05, 4.69) is 69.1 Å². The van der Waals surface area contributed by atoms with Crippen molar-refractivity contribution in [2.75, 3.05) is 10.7 Å². The van der Waals surface area contributed by atoms with Gasteiger partial charge < -0.3 is 0 Å². The van der Waals surface area contributed by atoms with Crippen molar-refractivity contribution in [3.63, 3.8) is 0 Å². The Morgan fingerprint density at radius 1 is 0.762 bits per heavy atom. The quantitative estimate of drug-likeness (QED) is 0.248. The second-order valence-electron chi connectivity index (χ2n) is 6.14. The van der Waals surface area contributed by atoms with Crippen LogP contribution in [0.25, 0.3) is 0 Å². The van der Waals surface area contributed by atoms with E-state index in [0.717, 1.165) is 10.7 Å². The molecule has 0 aromatic heterocycles. The highest BCUT2D eigenvalue weighted by atomic mass is 79.9. The Labute approximate surface area is 148 Å². The van der Waals surface area contributed by atoms with Crippen LogP contribution in [-0.4, -0.2) is 10.7 Å². The summed E-state index contributed by atoms with van der Waals surface area (Å²) in [5, 5.41) is 2.07. The van der Waals surface area contributed by atoms with Gasteiger partial charge >= 0.3 is 0 Å². The third-order valence-corrected chi connectivity index (χ3v) is 6.55. The zero-order valence-corrected chi connectivity index (χ0v) is 16.6. The van der Waals surface area contributed by atoms with E-state index in [1.54, 1.807) is 0 Å². The molecule has 0 spiro atoms. The van der Waals surface area contributed by atoms with Gasteiger partial charge in [-0.1, -0.05) is 120 Å². The molecular formula is C19H30Br2. The third-order valence-electron chi connectivity index (χ3n) is 4.41. The monoisotopic (exact) mass is 416 g/mol. The maximum absolute atomic E-state index is 3.75. The molecule has 1 aromatic carbocycles. The van der Waals surface area contributed by atoms with E-state index in [-0.39, 0.29) is 5.41 Å². The van der Waals surface area contributed by atoms with Crippen LogP contribution in [-0.2, 0) is 5.41 Å². The van der Waals surface area contributed by atoms with Gasteiger partial charge in [-0.05, 0) is 12.0 Å². The summed E-state index contributed by atoms with van der Waals surface area (Å²) in [5.41, 5.74) is 1.71. The summed E-state index contributed by atoms with van der Waals surface area (Å²) in [4.78, 5) is 0. The molecule has 1 rings (SSSR count). The predicted octanol–water partition coefficient (Wildman–Crippen LogP) is 7.25. The number of rotatable bonds is 12. The van der Waals surface area contributed by atoms with Crippen LogP contribution in [0.2, 0.25) is 0 Å². The summed E-state index contributed by atoms with van der Waals surface area (Å²) in [6.07, 6.45) is 12.4. The summed E-state index contributed by atoms with van der Waals surface area (Å²) in [7, 11) is 0. The van der Waals surface area contributed by atoms with Gasteiger partial charge in [-0.15, -0.1) is 0 Å². The van der Waals surface area contributed by atoms with Crippen LogP contribution in [0, 0.1) is 0 Å². The number of hydrogen-bond acceptors (Lipinski definition) is 0. The highest BCUT2D eigenvalue weighted by Gasteiger charge is 2.29. The van der Waals surface area contributed by atoms with Crippen LogP contribution in [0.3, 0.4) is 0 Å². The topological polar surface area (TPSA) is 0 Å². The van der Waals surface area contributed by atoms with E-state index in [1.807, 2.05) is 0 Å². The summed E-state index contributed by atoms with van der Waals surface area (Å²) in [6.45, 7) is 2.28. The van der Waals surface area contributed by atoms with Crippen LogP contribution in [0.1, 0.15) is 70.3 Å². The molecule has 0 bridgehead atoms. The second kappa shape index (κ2) is 11.7. The summed E-state index contributed by atoms with van der Waals surface area (Å²) in [5.74, 6) is 0. The Bertz CT molecular complexity index is 344. The number of unbranched alkanes of at least 4 members (excludes halogenated alkanes) is 7. The van der Waals surface area contributed by atoms with Crippen LogP contribution >= 0.6 is 31.9 Å². The SMILES string of the molecule is CCCCCCCCCCC(CBr)(CBr)c1ccccc1. The molecule has 0 aliphatic heterocycles. The molecule has 0 heterocycles. The third kappa shape index (κ3) is 6.86. The molecule has 2 heteroatoms. The zero-order valence-electron chi connectivity index (χ0n) is 13.4. The van der Waals surface area contributed by atoms with Gasteiger partial charge in [-0.2, -0.15) is 0 Å². The lowest BCUT2D eigenvalue weighted by molar-refractivity contribution is 0.459. The van der Waals surface area contributed by atoms with Crippen molar-refractivity contribution < 1.29 is 0 Å². The molecule has 0 aliphatic rings. The minimum Gasteiger partial charge on any atom is -0.0918 e. The Hall–Kier alpha value is 0.180. The van der Waals surface area contributed by atoms with Crippen LogP contribution in [0.5, 0.6) is 0 Å². The molecule has 0 unspecified atom stereocenters. The highest BCUT2D eigenvalue weighted by Crippen LogP contribution is 2.34. The van der Waals surface area contributed by atoms with E-state index >= 15 is 0 Å². The van der Waals surface area contributed by atoms with Crippen LogP contribution in [0.4, 0.5) is 0 Å². The molecule has 1 aromatic rings. The lowest BCUT2D eigenvalue weighted by atomic mass is 9.80. The first-order valence-electron chi connectivity index (χ1n) is 8.46. The molecule has 0 atom stereocenters. The number of halogens is 2. The van der Waals surface area contributed by atoms with Gasteiger partial charge in [0.15, 0.2) is 0 Å². The van der Waals surface area contributed by atoms with Gasteiger partial charge in [-0.25, -0.2) is 0 Å². The van der Waals surface area contributed by atoms with Crippen LogP contribution < -0.4 is 0 Å². The first-order chi connectivity index (χ1) is 10.3. The molecule has 0 nitrogen and oxygen atoms in total. The molecule has 0 saturated heterocycles. The maximum Gasteiger partial charge on any atom is 0.0147 e. The Kier molecular flexibility index (Phi) is 10.7. The molecule has 120 valence electrons. The fourth-order valence-corrected chi connectivity index (χ4v) is 4.99. The Morgan fingerprint density at radius 3 is 1.81 bits per heavy atom. The largest absolute Gasteiger partial charge is 0.0918 e. The summed E-state index contributed by atoms with van der Waals surface area (Å²) >= 11 is 7.50. The van der Waals surface area contributed by atoms with Crippen LogP contribution in [0.15, 0.2) is 30.3 Å². The second-order valence-corrected chi connectivity index (χ2v) is 7.26. The first kappa shape index (κ1) is 19.2. The standard InChI is InChI=1S/C19H30Br2/c1-2-3-4-5-6-7-8-12-15-19(16-20,17-21)18-13-10-9-11-14-18/h9-11,13-14H,2-8,12,15-17H2,1H3. The van der Waals surface area contributed by atoms with Crippen molar-refractivity contribution in [3.05, 3.63) is 35.9 Å². The van der Waals surface area contributed by atoms with Gasteiger partial charge in [0.05, 0.1) is 0 Å². The summed E-state index contributed by atoms with van der Waals surface area (Å²) in [6, 6.07) is 11.0. The van der Waals surface area contributed by atoms with E-state index in [0.29, 0.717) is 0 Å². The smallest absolute Gasteiger partial charge is 0.0147 e. The lowest BCUT2D eigenvalue weighted by Gasteiger charge is -2.31. The van der Waals surface area contributed by atoms with Gasteiger partial charge in [0, 0.05) is 16.1 Å². The molecule has 0 radical (unpaired) electrons. The Morgan fingerprint density at radius 2 is 1.29 bits per heavy atom. The predicted molar refractivity (Wildman–Crippen MR) is 103 cm³/mol. The van der Waals surface area contributed by atoms with Gasteiger partial charge in [-0.3, -0.25) is 0 Å². The van der Waals surface area contributed by atoms with Crippen molar-refractivity contribution >= 4 is 31.9 Å². The molecule has 0 saturated carbocycles. The fraction of sp³-hybridized carbons (Fsp3) is 0.684. The first-order valence-corrected chi connectivity index (χ1v) is 10.7. The maximum atomic E-state index is 3.75. The highest BCUT2D eigenvalue weighted by molar-refractivity contribution is 9.09. The zero-order chi connectivity index (χ0) is 15.4. The fourth-order valence-electron chi connectivity index (χ4n) is 2.86. The molecular weight excluding hydrogens is 388 g/mol. The minimum absolute atomic E-state index is 0.253. The average molecular weight is 418 g/mol. The van der Waals surface area contributed by atoms with E-state index in [1.165, 1.54) is 63.4 Å².